The molecule has 0 aliphatic carbocycles. The van der Waals surface area contributed by atoms with Gasteiger partial charge in [-0.05, 0) is 17.8 Å². The molecule has 2 amide bonds. The van der Waals surface area contributed by atoms with Crippen LogP contribution in [0.2, 0.25) is 0 Å². The van der Waals surface area contributed by atoms with E-state index in [0.29, 0.717) is 43.7 Å². The van der Waals surface area contributed by atoms with E-state index in [0.717, 1.165) is 13.1 Å². The van der Waals surface area contributed by atoms with E-state index in [-0.39, 0.29) is 17.2 Å². The summed E-state index contributed by atoms with van der Waals surface area (Å²) in [6.45, 7) is 17.8. The van der Waals surface area contributed by atoms with Crippen molar-refractivity contribution in [2.24, 2.45) is 23.2 Å². The molecule has 0 atom stereocenters. The summed E-state index contributed by atoms with van der Waals surface area (Å²) in [4.78, 5) is 29.1. The van der Waals surface area contributed by atoms with Gasteiger partial charge in [0.1, 0.15) is 0 Å². The third-order valence-electron chi connectivity index (χ3n) is 5.01. The predicted octanol–water partition coefficient (Wildman–Crippen LogP) is 3.41. The fraction of sp³-hybridized carbons (Fsp3) is 0.895. The van der Waals surface area contributed by atoms with Gasteiger partial charge in [0.05, 0.1) is 0 Å². The van der Waals surface area contributed by atoms with Crippen LogP contribution in [0.5, 0.6) is 0 Å². The zero-order valence-corrected chi connectivity index (χ0v) is 16.2. The highest BCUT2D eigenvalue weighted by atomic mass is 16.2. The molecule has 0 aromatic rings. The van der Waals surface area contributed by atoms with Gasteiger partial charge >= 0.3 is 0 Å². The van der Waals surface area contributed by atoms with Crippen molar-refractivity contribution in [1.82, 2.24) is 9.80 Å². The van der Waals surface area contributed by atoms with E-state index in [1.807, 2.05) is 9.80 Å². The molecule has 23 heavy (non-hydrogen) atoms. The van der Waals surface area contributed by atoms with Crippen molar-refractivity contribution >= 4 is 11.8 Å². The third kappa shape index (κ3) is 5.82. The molecule has 1 aliphatic heterocycles. The molecule has 134 valence electrons. The zero-order valence-electron chi connectivity index (χ0n) is 16.2. The summed E-state index contributed by atoms with van der Waals surface area (Å²) in [6, 6.07) is 0. The minimum atomic E-state index is -0.0459. The van der Waals surface area contributed by atoms with Crippen molar-refractivity contribution in [2.75, 3.05) is 26.2 Å². The summed E-state index contributed by atoms with van der Waals surface area (Å²) in [7, 11) is 0. The number of amides is 2. The minimum absolute atomic E-state index is 0.0459. The van der Waals surface area contributed by atoms with Crippen molar-refractivity contribution < 1.29 is 9.59 Å². The first-order chi connectivity index (χ1) is 10.5. The molecule has 1 fully saturated rings. The van der Waals surface area contributed by atoms with E-state index in [4.69, 9.17) is 0 Å². The SMILES string of the molecule is CC(C)CC(=O)N1CCN(C(=O)CC(C)C)CC(C)(C(C)C)C1. The fourth-order valence-electron chi connectivity index (χ4n) is 3.07. The maximum absolute atomic E-state index is 12.5. The second kappa shape index (κ2) is 8.16. The van der Waals surface area contributed by atoms with E-state index >= 15 is 0 Å². The molecule has 4 heteroatoms. The summed E-state index contributed by atoms with van der Waals surface area (Å²) >= 11 is 0. The molecule has 0 aromatic heterocycles. The highest BCUT2D eigenvalue weighted by Gasteiger charge is 2.38. The Morgan fingerprint density at radius 2 is 1.17 bits per heavy atom. The summed E-state index contributed by atoms with van der Waals surface area (Å²) in [5, 5.41) is 0. The predicted molar refractivity (Wildman–Crippen MR) is 95.0 cm³/mol. The Bertz CT molecular complexity index is 384. The lowest BCUT2D eigenvalue weighted by Crippen LogP contribution is -2.45. The van der Waals surface area contributed by atoms with Gasteiger partial charge in [0.2, 0.25) is 11.8 Å². The van der Waals surface area contributed by atoms with Crippen molar-refractivity contribution in [3.8, 4) is 0 Å². The summed E-state index contributed by atoms with van der Waals surface area (Å²) in [5.74, 6) is 1.61. The van der Waals surface area contributed by atoms with E-state index < -0.39 is 0 Å². The van der Waals surface area contributed by atoms with Crippen molar-refractivity contribution in [1.29, 1.82) is 0 Å². The Labute approximate surface area is 142 Å². The maximum atomic E-state index is 12.5. The van der Waals surface area contributed by atoms with Gasteiger partial charge in [0, 0.05) is 44.4 Å². The number of carbonyl (C=O) groups is 2. The number of hydrogen-bond acceptors (Lipinski definition) is 2. The van der Waals surface area contributed by atoms with Gasteiger partial charge in [-0.3, -0.25) is 9.59 Å². The maximum Gasteiger partial charge on any atom is 0.222 e. The van der Waals surface area contributed by atoms with Crippen molar-refractivity contribution in [3.05, 3.63) is 0 Å². The average Bonchev–Trinajstić information content (AvgIpc) is 2.57. The monoisotopic (exact) mass is 324 g/mol. The van der Waals surface area contributed by atoms with Gasteiger partial charge in [-0.2, -0.15) is 0 Å². The molecule has 0 N–H and O–H groups in total. The fourth-order valence-corrected chi connectivity index (χ4v) is 3.07. The van der Waals surface area contributed by atoms with Gasteiger partial charge in [0.15, 0.2) is 0 Å². The van der Waals surface area contributed by atoms with Gasteiger partial charge in [-0.1, -0.05) is 48.5 Å². The average molecular weight is 325 g/mol. The van der Waals surface area contributed by atoms with Crippen LogP contribution in [0.3, 0.4) is 0 Å². The van der Waals surface area contributed by atoms with Crippen LogP contribution in [0.1, 0.15) is 61.3 Å². The highest BCUT2D eigenvalue weighted by molar-refractivity contribution is 5.78. The van der Waals surface area contributed by atoms with Crippen LogP contribution in [0.15, 0.2) is 0 Å². The van der Waals surface area contributed by atoms with Crippen LogP contribution in [-0.4, -0.2) is 47.8 Å². The van der Waals surface area contributed by atoms with Gasteiger partial charge in [-0.15, -0.1) is 0 Å². The lowest BCUT2D eigenvalue weighted by atomic mass is 9.78. The largest absolute Gasteiger partial charge is 0.340 e. The summed E-state index contributed by atoms with van der Waals surface area (Å²) in [5.41, 5.74) is -0.0459. The third-order valence-corrected chi connectivity index (χ3v) is 5.01. The number of carbonyl (C=O) groups excluding carboxylic acids is 2. The smallest absolute Gasteiger partial charge is 0.222 e. The van der Waals surface area contributed by atoms with Crippen LogP contribution in [0.25, 0.3) is 0 Å². The first-order valence-electron chi connectivity index (χ1n) is 9.10. The lowest BCUT2D eigenvalue weighted by molar-refractivity contribution is -0.134. The molecule has 0 aromatic carbocycles. The molecule has 0 bridgehead atoms. The van der Waals surface area contributed by atoms with E-state index in [9.17, 15) is 9.59 Å². The standard InChI is InChI=1S/C19H36N2O2/c1-14(2)10-17(22)20-8-9-21(18(23)11-15(3)4)13-19(7,12-20)16(5)6/h14-16H,8-13H2,1-7H3. The molecule has 0 spiro atoms. The molecule has 1 heterocycles. The molecular weight excluding hydrogens is 288 g/mol. The summed E-state index contributed by atoms with van der Waals surface area (Å²) < 4.78 is 0. The minimum Gasteiger partial charge on any atom is -0.340 e. The number of nitrogens with zero attached hydrogens (tertiary/aromatic N) is 2. The van der Waals surface area contributed by atoms with Crippen LogP contribution in [-0.2, 0) is 9.59 Å². The first kappa shape index (κ1) is 20.0. The molecule has 1 aliphatic rings. The van der Waals surface area contributed by atoms with Gasteiger partial charge < -0.3 is 9.80 Å². The molecular formula is C19H36N2O2. The van der Waals surface area contributed by atoms with Gasteiger partial charge in [0.25, 0.3) is 0 Å². The van der Waals surface area contributed by atoms with Crippen molar-refractivity contribution in [3.63, 3.8) is 0 Å². The van der Waals surface area contributed by atoms with Crippen LogP contribution in [0, 0.1) is 23.2 Å². The molecule has 1 saturated heterocycles. The van der Waals surface area contributed by atoms with Crippen LogP contribution >= 0.6 is 0 Å². The first-order valence-corrected chi connectivity index (χ1v) is 9.10. The molecule has 0 unspecified atom stereocenters. The van der Waals surface area contributed by atoms with E-state index in [2.05, 4.69) is 48.5 Å². The van der Waals surface area contributed by atoms with Crippen LogP contribution < -0.4 is 0 Å². The normalized spacial score (nSPS) is 18.7. The lowest BCUT2D eigenvalue weighted by Gasteiger charge is -2.38. The highest BCUT2D eigenvalue weighted by Crippen LogP contribution is 2.32. The van der Waals surface area contributed by atoms with E-state index in [1.54, 1.807) is 0 Å². The number of hydrogen-bond donors (Lipinski definition) is 0. The second-order valence-corrected chi connectivity index (χ2v) is 8.64. The Kier molecular flexibility index (Phi) is 7.09. The summed E-state index contributed by atoms with van der Waals surface area (Å²) in [6.07, 6.45) is 1.18. The Morgan fingerprint density at radius 3 is 1.43 bits per heavy atom. The molecule has 4 nitrogen and oxygen atoms in total. The zero-order chi connectivity index (χ0) is 17.8. The Morgan fingerprint density at radius 1 is 0.826 bits per heavy atom. The second-order valence-electron chi connectivity index (χ2n) is 8.64. The van der Waals surface area contributed by atoms with E-state index in [1.165, 1.54) is 0 Å². The number of rotatable bonds is 5. The van der Waals surface area contributed by atoms with Crippen LogP contribution in [0.4, 0.5) is 0 Å². The quantitative estimate of drug-likeness (QED) is 0.777. The molecule has 1 rings (SSSR count). The Balaban J connectivity index is 2.92. The Hall–Kier alpha value is -1.06. The van der Waals surface area contributed by atoms with Gasteiger partial charge in [-0.25, -0.2) is 0 Å². The topological polar surface area (TPSA) is 40.6 Å². The molecule has 0 radical (unpaired) electrons. The van der Waals surface area contributed by atoms with Crippen molar-refractivity contribution in [2.45, 2.75) is 61.3 Å². The molecule has 0 saturated carbocycles.